The highest BCUT2D eigenvalue weighted by Crippen LogP contribution is 2.25. The Bertz CT molecular complexity index is 493. The molecule has 3 nitrogen and oxygen atoms in total. The molecule has 0 fully saturated rings. The fourth-order valence-electron chi connectivity index (χ4n) is 1.59. The molecule has 1 aromatic carbocycles. The zero-order valence-corrected chi connectivity index (χ0v) is 10.5. The number of nitrogens with two attached hydrogens (primary N) is 1. The second-order valence-corrected chi connectivity index (χ2v) is 4.83. The van der Waals surface area contributed by atoms with Crippen molar-refractivity contribution in [1.29, 1.82) is 0 Å². The predicted octanol–water partition coefficient (Wildman–Crippen LogP) is 2.52. The fraction of sp³-hybridized carbons (Fsp3) is 0.154. The molecule has 0 saturated heterocycles. The number of nitrogens with zero attached hydrogens (tertiary/aromatic N) is 1. The van der Waals surface area contributed by atoms with Crippen LogP contribution >= 0.6 is 11.8 Å². The van der Waals surface area contributed by atoms with Crippen molar-refractivity contribution >= 4 is 11.8 Å². The van der Waals surface area contributed by atoms with Gasteiger partial charge in [-0.05, 0) is 18.2 Å². The molecule has 0 aliphatic carbocycles. The largest absolute Gasteiger partial charge is 0.271 e. The van der Waals surface area contributed by atoms with Crippen LogP contribution in [0.5, 0.6) is 0 Å². The quantitative estimate of drug-likeness (QED) is 0.494. The number of thioether (sulfide) groups is 1. The first-order chi connectivity index (χ1) is 8.81. The first-order valence-corrected chi connectivity index (χ1v) is 6.53. The SMILES string of the molecule is NNC(CSc1ccccc1)c1ccncc1F. The predicted molar refractivity (Wildman–Crippen MR) is 71.4 cm³/mol. The number of nitrogens with one attached hydrogen (secondary N) is 1. The van der Waals surface area contributed by atoms with Crippen LogP contribution in [0, 0.1) is 5.82 Å². The summed E-state index contributed by atoms with van der Waals surface area (Å²) in [4.78, 5) is 4.86. The van der Waals surface area contributed by atoms with Gasteiger partial charge < -0.3 is 0 Å². The summed E-state index contributed by atoms with van der Waals surface area (Å²) in [5, 5.41) is 0. The Morgan fingerprint density at radius 2 is 2.06 bits per heavy atom. The normalized spacial score (nSPS) is 12.3. The smallest absolute Gasteiger partial charge is 0.146 e. The minimum absolute atomic E-state index is 0.238. The van der Waals surface area contributed by atoms with Crippen LogP contribution in [-0.4, -0.2) is 10.7 Å². The van der Waals surface area contributed by atoms with Crippen LogP contribution in [0.15, 0.2) is 53.7 Å². The van der Waals surface area contributed by atoms with Crippen molar-refractivity contribution in [3.63, 3.8) is 0 Å². The summed E-state index contributed by atoms with van der Waals surface area (Å²) >= 11 is 1.63. The summed E-state index contributed by atoms with van der Waals surface area (Å²) in [6, 6.07) is 11.3. The molecule has 2 rings (SSSR count). The minimum Gasteiger partial charge on any atom is -0.271 e. The van der Waals surface area contributed by atoms with E-state index in [-0.39, 0.29) is 11.9 Å². The van der Waals surface area contributed by atoms with E-state index >= 15 is 0 Å². The Balaban J connectivity index is 2.04. The highest BCUT2D eigenvalue weighted by atomic mass is 32.2. The minimum atomic E-state index is -0.339. The van der Waals surface area contributed by atoms with Gasteiger partial charge in [0.15, 0.2) is 0 Å². The van der Waals surface area contributed by atoms with Gasteiger partial charge in [-0.2, -0.15) is 0 Å². The Hall–Kier alpha value is -1.43. The van der Waals surface area contributed by atoms with Gasteiger partial charge in [-0.15, -0.1) is 11.8 Å². The molecule has 0 saturated carbocycles. The van der Waals surface area contributed by atoms with Gasteiger partial charge in [0.2, 0.25) is 0 Å². The third kappa shape index (κ3) is 3.29. The van der Waals surface area contributed by atoms with Gasteiger partial charge in [-0.25, -0.2) is 4.39 Å². The van der Waals surface area contributed by atoms with Crippen LogP contribution in [-0.2, 0) is 0 Å². The second kappa shape index (κ2) is 6.49. The lowest BCUT2D eigenvalue weighted by Crippen LogP contribution is -2.30. The molecular formula is C13H14FN3S. The van der Waals surface area contributed by atoms with Crippen molar-refractivity contribution in [3.05, 3.63) is 60.2 Å². The van der Waals surface area contributed by atoms with Gasteiger partial charge in [-0.3, -0.25) is 16.3 Å². The van der Waals surface area contributed by atoms with Crippen LogP contribution in [0.3, 0.4) is 0 Å². The Morgan fingerprint density at radius 1 is 1.28 bits per heavy atom. The highest BCUT2D eigenvalue weighted by molar-refractivity contribution is 7.99. The molecule has 94 valence electrons. The maximum Gasteiger partial charge on any atom is 0.146 e. The van der Waals surface area contributed by atoms with E-state index in [0.717, 1.165) is 4.90 Å². The second-order valence-electron chi connectivity index (χ2n) is 3.74. The topological polar surface area (TPSA) is 50.9 Å². The number of hydrogen-bond acceptors (Lipinski definition) is 4. The number of hydrogen-bond donors (Lipinski definition) is 2. The standard InChI is InChI=1S/C13H14FN3S/c14-12-8-16-7-6-11(12)13(17-15)9-18-10-4-2-1-3-5-10/h1-8,13,17H,9,15H2. The van der Waals surface area contributed by atoms with Crippen molar-refractivity contribution in [2.24, 2.45) is 5.84 Å². The van der Waals surface area contributed by atoms with Gasteiger partial charge in [0.1, 0.15) is 5.82 Å². The number of hydrazine groups is 1. The lowest BCUT2D eigenvalue weighted by atomic mass is 10.1. The van der Waals surface area contributed by atoms with Gasteiger partial charge in [0.25, 0.3) is 0 Å². The van der Waals surface area contributed by atoms with Crippen LogP contribution < -0.4 is 11.3 Å². The molecule has 1 atom stereocenters. The van der Waals surface area contributed by atoms with E-state index in [1.54, 1.807) is 24.0 Å². The highest BCUT2D eigenvalue weighted by Gasteiger charge is 2.14. The van der Waals surface area contributed by atoms with Crippen LogP contribution in [0.4, 0.5) is 4.39 Å². The van der Waals surface area contributed by atoms with E-state index in [0.29, 0.717) is 11.3 Å². The van der Waals surface area contributed by atoms with E-state index in [1.165, 1.54) is 6.20 Å². The Labute approximate surface area is 110 Å². The Morgan fingerprint density at radius 3 is 2.72 bits per heavy atom. The summed E-state index contributed by atoms with van der Waals surface area (Å²) in [6.07, 6.45) is 2.77. The molecule has 0 amide bonds. The number of pyridine rings is 1. The summed E-state index contributed by atoms with van der Waals surface area (Å²) in [7, 11) is 0. The molecule has 5 heteroatoms. The van der Waals surface area contributed by atoms with Gasteiger partial charge in [0, 0.05) is 22.4 Å². The van der Waals surface area contributed by atoms with Crippen molar-refractivity contribution in [3.8, 4) is 0 Å². The monoisotopic (exact) mass is 263 g/mol. The first-order valence-electron chi connectivity index (χ1n) is 5.54. The fourth-order valence-corrected chi connectivity index (χ4v) is 2.58. The molecule has 0 aliphatic rings. The summed E-state index contributed by atoms with van der Waals surface area (Å²) in [5.41, 5.74) is 3.18. The third-order valence-electron chi connectivity index (χ3n) is 2.54. The van der Waals surface area contributed by atoms with Crippen molar-refractivity contribution in [2.45, 2.75) is 10.9 Å². The summed E-state index contributed by atoms with van der Waals surface area (Å²) in [5.74, 6) is 5.80. The van der Waals surface area contributed by atoms with E-state index in [9.17, 15) is 4.39 Å². The van der Waals surface area contributed by atoms with Gasteiger partial charge in [-0.1, -0.05) is 18.2 Å². The van der Waals surface area contributed by atoms with Crippen LogP contribution in [0.1, 0.15) is 11.6 Å². The lowest BCUT2D eigenvalue weighted by Gasteiger charge is -2.16. The van der Waals surface area contributed by atoms with Crippen LogP contribution in [0.2, 0.25) is 0 Å². The van der Waals surface area contributed by atoms with E-state index in [1.807, 2.05) is 30.3 Å². The zero-order chi connectivity index (χ0) is 12.8. The first kappa shape index (κ1) is 13.0. The Kier molecular flexibility index (Phi) is 4.69. The molecule has 0 bridgehead atoms. The van der Waals surface area contributed by atoms with Gasteiger partial charge >= 0.3 is 0 Å². The molecule has 2 aromatic rings. The molecule has 1 heterocycles. The molecule has 0 spiro atoms. The molecular weight excluding hydrogens is 249 g/mol. The zero-order valence-electron chi connectivity index (χ0n) is 9.71. The molecule has 0 radical (unpaired) electrons. The number of aromatic nitrogens is 1. The molecule has 3 N–H and O–H groups in total. The molecule has 18 heavy (non-hydrogen) atoms. The summed E-state index contributed by atoms with van der Waals surface area (Å²) in [6.45, 7) is 0. The van der Waals surface area contributed by atoms with Crippen molar-refractivity contribution in [2.75, 3.05) is 5.75 Å². The third-order valence-corrected chi connectivity index (χ3v) is 3.65. The number of rotatable bonds is 5. The van der Waals surface area contributed by atoms with Crippen LogP contribution in [0.25, 0.3) is 0 Å². The maximum absolute atomic E-state index is 13.6. The molecule has 1 unspecified atom stereocenters. The number of halogens is 1. The maximum atomic E-state index is 13.6. The molecule has 1 aromatic heterocycles. The average molecular weight is 263 g/mol. The van der Waals surface area contributed by atoms with E-state index in [4.69, 9.17) is 5.84 Å². The lowest BCUT2D eigenvalue weighted by molar-refractivity contribution is 0.542. The summed E-state index contributed by atoms with van der Waals surface area (Å²) < 4.78 is 13.6. The van der Waals surface area contributed by atoms with E-state index in [2.05, 4.69) is 10.4 Å². The molecule has 0 aliphatic heterocycles. The van der Waals surface area contributed by atoms with Gasteiger partial charge in [0.05, 0.1) is 12.2 Å². The van der Waals surface area contributed by atoms with Crippen molar-refractivity contribution < 1.29 is 4.39 Å². The number of benzene rings is 1. The van der Waals surface area contributed by atoms with E-state index < -0.39 is 0 Å². The van der Waals surface area contributed by atoms with Crippen molar-refractivity contribution in [1.82, 2.24) is 10.4 Å². The average Bonchev–Trinajstić information content (AvgIpc) is 2.42.